The van der Waals surface area contributed by atoms with Crippen LogP contribution in [-0.4, -0.2) is 29.3 Å². The van der Waals surface area contributed by atoms with Gasteiger partial charge in [0.15, 0.2) is 5.78 Å². The van der Waals surface area contributed by atoms with E-state index in [0.717, 1.165) is 25.9 Å². The summed E-state index contributed by atoms with van der Waals surface area (Å²) < 4.78 is 13.7. The number of carbonyl (C=O) groups excluding carboxylic acids is 1. The smallest absolute Gasteiger partial charge is 0.157 e. The van der Waals surface area contributed by atoms with E-state index in [2.05, 4.69) is 4.90 Å². The summed E-state index contributed by atoms with van der Waals surface area (Å²) in [5, 5.41) is 0.325. The first kappa shape index (κ1) is 14.5. The zero-order valence-corrected chi connectivity index (χ0v) is 12.1. The SMILES string of the molecule is CC(C)(C(=O)Cc1c(F)cccc1Cl)N1CCCC1. The van der Waals surface area contributed by atoms with Crippen molar-refractivity contribution < 1.29 is 9.18 Å². The molecule has 2 rings (SSSR count). The number of hydrogen-bond acceptors (Lipinski definition) is 2. The number of halogens is 2. The van der Waals surface area contributed by atoms with Crippen LogP contribution in [0.15, 0.2) is 18.2 Å². The van der Waals surface area contributed by atoms with Crippen LogP contribution in [-0.2, 0) is 11.2 Å². The standard InChI is InChI=1S/C15H19ClFNO/c1-15(2,18-8-3-4-9-18)14(19)10-11-12(16)6-5-7-13(11)17/h5-7H,3-4,8-10H2,1-2H3. The quantitative estimate of drug-likeness (QED) is 0.843. The van der Waals surface area contributed by atoms with Crippen molar-refractivity contribution in [3.63, 3.8) is 0 Å². The number of carbonyl (C=O) groups is 1. The first-order valence-corrected chi connectivity index (χ1v) is 7.02. The molecule has 1 saturated heterocycles. The minimum atomic E-state index is -0.553. The predicted molar refractivity (Wildman–Crippen MR) is 75.0 cm³/mol. The van der Waals surface area contributed by atoms with Crippen LogP contribution in [0, 0.1) is 5.82 Å². The molecule has 0 amide bonds. The minimum absolute atomic E-state index is 0.0152. The van der Waals surface area contributed by atoms with Gasteiger partial charge in [-0.05, 0) is 51.9 Å². The van der Waals surface area contributed by atoms with Crippen molar-refractivity contribution in [2.75, 3.05) is 13.1 Å². The third-order valence-corrected chi connectivity index (χ3v) is 4.33. The highest BCUT2D eigenvalue weighted by Crippen LogP contribution is 2.26. The number of Topliss-reactive ketones (excluding diaryl/α,β-unsaturated/α-hetero) is 1. The first-order chi connectivity index (χ1) is 8.93. The fraction of sp³-hybridized carbons (Fsp3) is 0.533. The van der Waals surface area contributed by atoms with Gasteiger partial charge in [-0.1, -0.05) is 17.7 Å². The maximum atomic E-state index is 13.7. The fourth-order valence-electron chi connectivity index (χ4n) is 2.53. The van der Waals surface area contributed by atoms with Crippen molar-refractivity contribution >= 4 is 17.4 Å². The molecule has 4 heteroatoms. The third kappa shape index (κ3) is 2.98. The zero-order chi connectivity index (χ0) is 14.0. The summed E-state index contributed by atoms with van der Waals surface area (Å²) in [5.41, 5.74) is -0.247. The van der Waals surface area contributed by atoms with Gasteiger partial charge >= 0.3 is 0 Å². The Morgan fingerprint density at radius 2 is 2.00 bits per heavy atom. The summed E-state index contributed by atoms with van der Waals surface area (Å²) in [6.07, 6.45) is 2.29. The van der Waals surface area contributed by atoms with Crippen LogP contribution in [0.4, 0.5) is 4.39 Å². The number of benzene rings is 1. The number of rotatable bonds is 4. The van der Waals surface area contributed by atoms with Crippen LogP contribution < -0.4 is 0 Å². The molecule has 1 aliphatic rings. The van der Waals surface area contributed by atoms with Gasteiger partial charge in [0.25, 0.3) is 0 Å². The van der Waals surface area contributed by atoms with E-state index >= 15 is 0 Å². The van der Waals surface area contributed by atoms with E-state index in [1.807, 2.05) is 13.8 Å². The summed E-state index contributed by atoms with van der Waals surface area (Å²) in [5.74, 6) is -0.389. The van der Waals surface area contributed by atoms with Gasteiger partial charge in [0.05, 0.1) is 5.54 Å². The maximum Gasteiger partial charge on any atom is 0.157 e. The lowest BCUT2D eigenvalue weighted by atomic mass is 9.92. The third-order valence-electron chi connectivity index (χ3n) is 3.98. The van der Waals surface area contributed by atoms with Gasteiger partial charge in [-0.15, -0.1) is 0 Å². The molecule has 0 atom stereocenters. The molecule has 0 aliphatic carbocycles. The molecule has 19 heavy (non-hydrogen) atoms. The maximum absolute atomic E-state index is 13.7. The van der Waals surface area contributed by atoms with Crippen LogP contribution in [0.5, 0.6) is 0 Å². The Morgan fingerprint density at radius 3 is 2.58 bits per heavy atom. The Hall–Kier alpha value is -0.930. The Balaban J connectivity index is 2.16. The van der Waals surface area contributed by atoms with Crippen molar-refractivity contribution in [2.45, 2.75) is 38.6 Å². The molecule has 1 aromatic carbocycles. The lowest BCUT2D eigenvalue weighted by molar-refractivity contribution is -0.128. The predicted octanol–water partition coefficient (Wildman–Crippen LogP) is 3.47. The van der Waals surface area contributed by atoms with Crippen molar-refractivity contribution in [3.8, 4) is 0 Å². The number of nitrogens with zero attached hydrogens (tertiary/aromatic N) is 1. The number of hydrogen-bond donors (Lipinski definition) is 0. The van der Waals surface area contributed by atoms with Gasteiger partial charge in [-0.25, -0.2) is 4.39 Å². The van der Waals surface area contributed by atoms with E-state index in [9.17, 15) is 9.18 Å². The van der Waals surface area contributed by atoms with E-state index in [1.165, 1.54) is 6.07 Å². The Labute approximate surface area is 118 Å². The molecule has 1 fully saturated rings. The molecule has 0 N–H and O–H groups in total. The van der Waals surface area contributed by atoms with E-state index in [0.29, 0.717) is 10.6 Å². The highest BCUT2D eigenvalue weighted by molar-refractivity contribution is 6.31. The van der Waals surface area contributed by atoms with Gasteiger partial charge in [-0.2, -0.15) is 0 Å². The molecular weight excluding hydrogens is 265 g/mol. The molecule has 0 radical (unpaired) electrons. The molecule has 104 valence electrons. The average molecular weight is 284 g/mol. The van der Waals surface area contributed by atoms with Crippen molar-refractivity contribution in [3.05, 3.63) is 34.6 Å². The largest absolute Gasteiger partial charge is 0.297 e. The summed E-state index contributed by atoms with van der Waals surface area (Å²) in [6.45, 7) is 5.69. The lowest BCUT2D eigenvalue weighted by Crippen LogP contribution is -2.49. The Morgan fingerprint density at radius 1 is 1.37 bits per heavy atom. The van der Waals surface area contributed by atoms with Crippen molar-refractivity contribution in [1.82, 2.24) is 4.90 Å². The summed E-state index contributed by atoms with van der Waals surface area (Å²) >= 11 is 5.98. The number of ketones is 1. The molecule has 0 saturated carbocycles. The molecule has 0 spiro atoms. The second-order valence-corrected chi connectivity index (χ2v) is 5.96. The van der Waals surface area contributed by atoms with E-state index in [-0.39, 0.29) is 12.2 Å². The van der Waals surface area contributed by atoms with E-state index < -0.39 is 11.4 Å². The van der Waals surface area contributed by atoms with Gasteiger partial charge < -0.3 is 0 Å². The summed E-state index contributed by atoms with van der Waals surface area (Å²) in [4.78, 5) is 14.6. The molecule has 0 unspecified atom stereocenters. The van der Waals surface area contributed by atoms with Gasteiger partial charge in [0.2, 0.25) is 0 Å². The van der Waals surface area contributed by atoms with Gasteiger partial charge in [-0.3, -0.25) is 9.69 Å². The molecule has 1 aliphatic heterocycles. The fourth-order valence-corrected chi connectivity index (χ4v) is 2.76. The second kappa shape index (κ2) is 5.59. The normalized spacial score (nSPS) is 16.8. The van der Waals surface area contributed by atoms with E-state index in [4.69, 9.17) is 11.6 Å². The molecule has 2 nitrogen and oxygen atoms in total. The zero-order valence-electron chi connectivity index (χ0n) is 11.4. The van der Waals surface area contributed by atoms with Crippen LogP contribution in [0.2, 0.25) is 5.02 Å². The van der Waals surface area contributed by atoms with Crippen LogP contribution in [0.3, 0.4) is 0 Å². The number of likely N-dealkylation sites (tertiary alicyclic amines) is 1. The van der Waals surface area contributed by atoms with Crippen LogP contribution in [0.1, 0.15) is 32.3 Å². The summed E-state index contributed by atoms with van der Waals surface area (Å²) in [7, 11) is 0. The molecule has 1 heterocycles. The highest BCUT2D eigenvalue weighted by atomic mass is 35.5. The van der Waals surface area contributed by atoms with Crippen LogP contribution >= 0.6 is 11.6 Å². The Bertz CT molecular complexity index is 461. The van der Waals surface area contributed by atoms with Gasteiger partial charge in [0.1, 0.15) is 5.82 Å². The molecule has 0 aromatic heterocycles. The molecule has 1 aromatic rings. The highest BCUT2D eigenvalue weighted by Gasteiger charge is 2.36. The Kier molecular flexibility index (Phi) is 4.26. The molecule has 0 bridgehead atoms. The monoisotopic (exact) mass is 283 g/mol. The summed E-state index contributed by atoms with van der Waals surface area (Å²) in [6, 6.07) is 4.52. The van der Waals surface area contributed by atoms with Crippen molar-refractivity contribution in [2.24, 2.45) is 0 Å². The average Bonchev–Trinajstić information content (AvgIpc) is 2.88. The van der Waals surface area contributed by atoms with Crippen molar-refractivity contribution in [1.29, 1.82) is 0 Å². The lowest BCUT2D eigenvalue weighted by Gasteiger charge is -2.34. The first-order valence-electron chi connectivity index (χ1n) is 6.64. The van der Waals surface area contributed by atoms with Gasteiger partial charge in [0, 0.05) is 17.0 Å². The molecular formula is C15H19ClFNO. The van der Waals surface area contributed by atoms with E-state index in [1.54, 1.807) is 12.1 Å². The van der Waals surface area contributed by atoms with Crippen LogP contribution in [0.25, 0.3) is 0 Å². The second-order valence-electron chi connectivity index (χ2n) is 5.55. The topological polar surface area (TPSA) is 20.3 Å². The minimum Gasteiger partial charge on any atom is -0.297 e.